The largest absolute Gasteiger partial charge is 0.391 e. The van der Waals surface area contributed by atoms with Gasteiger partial charge in [0.2, 0.25) is 0 Å². The Balaban J connectivity index is 2.12. The number of nitrogens with zero attached hydrogens (tertiary/aromatic N) is 4. The van der Waals surface area contributed by atoms with E-state index in [9.17, 15) is 20.6 Å². The summed E-state index contributed by atoms with van der Waals surface area (Å²) in [5.74, 6) is 0.139. The second kappa shape index (κ2) is 5.19. The highest BCUT2D eigenvalue weighted by Crippen LogP contribution is 2.35. The normalized spacial score (nSPS) is 29.6. The third kappa shape index (κ3) is 2.01. The van der Waals surface area contributed by atoms with E-state index in [1.165, 1.54) is 24.0 Å². The predicted molar refractivity (Wildman–Crippen MR) is 74.3 cm³/mol. The van der Waals surface area contributed by atoms with Crippen LogP contribution in [0, 0.1) is 11.3 Å². The zero-order chi connectivity index (χ0) is 16.0. The number of hydrogen-bond acceptors (Lipinski definition) is 8. The van der Waals surface area contributed by atoms with E-state index >= 15 is 0 Å². The molecule has 0 aromatic carbocycles. The number of aliphatic hydroxyl groups is 3. The van der Waals surface area contributed by atoms with Crippen molar-refractivity contribution in [3.05, 3.63) is 18.1 Å². The molecule has 2 aromatic rings. The SMILES string of the molecule is C[C@@H](O)[C@H]1O[C@@H](n2cc(C#N)c3c(N)ncnc32)[C@H](O)[C@@H]1O. The second-order valence-corrected chi connectivity index (χ2v) is 5.23. The Bertz CT molecular complexity index is 753. The summed E-state index contributed by atoms with van der Waals surface area (Å²) in [5.41, 5.74) is 6.32. The molecule has 1 saturated heterocycles. The molecule has 5 N–H and O–H groups in total. The first-order valence-electron chi connectivity index (χ1n) is 6.66. The van der Waals surface area contributed by atoms with Gasteiger partial charge in [-0.3, -0.25) is 0 Å². The molecule has 2 aromatic heterocycles. The maximum Gasteiger partial charge on any atom is 0.164 e. The average molecular weight is 305 g/mol. The van der Waals surface area contributed by atoms with Crippen molar-refractivity contribution in [3.8, 4) is 6.07 Å². The maximum absolute atomic E-state index is 10.2. The first-order chi connectivity index (χ1) is 10.5. The summed E-state index contributed by atoms with van der Waals surface area (Å²) in [7, 11) is 0. The summed E-state index contributed by atoms with van der Waals surface area (Å²) in [5, 5.41) is 39.3. The predicted octanol–water partition coefficient (Wildman–Crippen LogP) is -1.11. The number of rotatable bonds is 2. The molecule has 1 aliphatic heterocycles. The van der Waals surface area contributed by atoms with Crippen molar-refractivity contribution >= 4 is 16.9 Å². The molecule has 116 valence electrons. The molecular weight excluding hydrogens is 290 g/mol. The van der Waals surface area contributed by atoms with Gasteiger partial charge in [-0.1, -0.05) is 0 Å². The van der Waals surface area contributed by atoms with Gasteiger partial charge in [0.15, 0.2) is 6.23 Å². The highest BCUT2D eigenvalue weighted by atomic mass is 16.6. The highest BCUT2D eigenvalue weighted by molar-refractivity contribution is 5.91. The molecule has 9 nitrogen and oxygen atoms in total. The van der Waals surface area contributed by atoms with Crippen molar-refractivity contribution < 1.29 is 20.1 Å². The first-order valence-corrected chi connectivity index (χ1v) is 6.66. The van der Waals surface area contributed by atoms with Crippen LogP contribution in [0.1, 0.15) is 18.7 Å². The van der Waals surface area contributed by atoms with Gasteiger partial charge < -0.3 is 30.4 Å². The summed E-state index contributed by atoms with van der Waals surface area (Å²) >= 11 is 0. The van der Waals surface area contributed by atoms with Crippen LogP contribution >= 0.6 is 0 Å². The van der Waals surface area contributed by atoms with Gasteiger partial charge in [0, 0.05) is 6.20 Å². The minimum atomic E-state index is -1.28. The molecule has 0 unspecified atom stereocenters. The smallest absolute Gasteiger partial charge is 0.164 e. The van der Waals surface area contributed by atoms with Crippen LogP contribution in [0.3, 0.4) is 0 Å². The van der Waals surface area contributed by atoms with Gasteiger partial charge in [-0.05, 0) is 6.92 Å². The molecule has 9 heteroatoms. The molecular formula is C13H15N5O4. The Hall–Kier alpha value is -2.25. The van der Waals surface area contributed by atoms with Crippen LogP contribution in [0.15, 0.2) is 12.5 Å². The molecule has 0 radical (unpaired) electrons. The van der Waals surface area contributed by atoms with Crippen molar-refractivity contribution in [2.24, 2.45) is 0 Å². The fourth-order valence-corrected chi connectivity index (χ4v) is 2.70. The van der Waals surface area contributed by atoms with Crippen molar-refractivity contribution in [1.82, 2.24) is 14.5 Å². The lowest BCUT2D eigenvalue weighted by Crippen LogP contribution is -2.37. The Labute approximate surface area is 125 Å². The van der Waals surface area contributed by atoms with E-state index in [0.29, 0.717) is 11.0 Å². The Kier molecular flexibility index (Phi) is 3.46. The monoisotopic (exact) mass is 305 g/mol. The van der Waals surface area contributed by atoms with E-state index in [1.807, 2.05) is 6.07 Å². The maximum atomic E-state index is 10.2. The molecule has 22 heavy (non-hydrogen) atoms. The average Bonchev–Trinajstić information content (AvgIpc) is 2.99. The molecule has 0 spiro atoms. The number of aliphatic hydroxyl groups excluding tert-OH is 3. The third-order valence-electron chi connectivity index (χ3n) is 3.78. The van der Waals surface area contributed by atoms with Crippen LogP contribution in [0.2, 0.25) is 0 Å². The molecule has 0 amide bonds. The van der Waals surface area contributed by atoms with Gasteiger partial charge in [0.25, 0.3) is 0 Å². The van der Waals surface area contributed by atoms with Crippen LogP contribution in [0.4, 0.5) is 5.82 Å². The summed E-state index contributed by atoms with van der Waals surface area (Å²) in [6, 6.07) is 1.98. The number of nitrogen functional groups attached to an aromatic ring is 1. The van der Waals surface area contributed by atoms with Gasteiger partial charge in [-0.25, -0.2) is 9.97 Å². The fraction of sp³-hybridized carbons (Fsp3) is 0.462. The summed E-state index contributed by atoms with van der Waals surface area (Å²) < 4.78 is 6.96. The number of hydrogen-bond donors (Lipinski definition) is 4. The van der Waals surface area contributed by atoms with Crippen molar-refractivity contribution in [2.75, 3.05) is 5.73 Å². The van der Waals surface area contributed by atoms with Crippen molar-refractivity contribution in [2.45, 2.75) is 37.6 Å². The van der Waals surface area contributed by atoms with Gasteiger partial charge in [-0.2, -0.15) is 5.26 Å². The van der Waals surface area contributed by atoms with Crippen molar-refractivity contribution in [3.63, 3.8) is 0 Å². The topological polar surface area (TPSA) is 150 Å². The first kappa shape index (κ1) is 14.7. The lowest BCUT2D eigenvalue weighted by Gasteiger charge is -2.17. The molecule has 0 aliphatic carbocycles. The number of nitriles is 1. The molecule has 0 bridgehead atoms. The van der Waals surface area contributed by atoms with Gasteiger partial charge in [0.05, 0.1) is 17.1 Å². The van der Waals surface area contributed by atoms with Gasteiger partial charge >= 0.3 is 0 Å². The molecule has 1 fully saturated rings. The Morgan fingerprint density at radius 1 is 1.41 bits per heavy atom. The summed E-state index contributed by atoms with van der Waals surface area (Å²) in [4.78, 5) is 7.91. The molecule has 0 saturated carbocycles. The van der Waals surface area contributed by atoms with E-state index in [2.05, 4.69) is 9.97 Å². The zero-order valence-corrected chi connectivity index (χ0v) is 11.7. The zero-order valence-electron chi connectivity index (χ0n) is 11.7. The van der Waals surface area contributed by atoms with Gasteiger partial charge in [0.1, 0.15) is 42.2 Å². The minimum absolute atomic E-state index is 0.139. The lowest BCUT2D eigenvalue weighted by atomic mass is 10.1. The summed E-state index contributed by atoms with van der Waals surface area (Å²) in [6.45, 7) is 1.46. The molecule has 3 heterocycles. The van der Waals surface area contributed by atoms with Crippen LogP contribution in [-0.2, 0) is 4.74 Å². The van der Waals surface area contributed by atoms with E-state index in [1.54, 1.807) is 0 Å². The number of fused-ring (bicyclic) bond motifs is 1. The van der Waals surface area contributed by atoms with Gasteiger partial charge in [-0.15, -0.1) is 0 Å². The Morgan fingerprint density at radius 2 is 2.14 bits per heavy atom. The number of ether oxygens (including phenoxy) is 1. The Morgan fingerprint density at radius 3 is 2.73 bits per heavy atom. The van der Waals surface area contributed by atoms with Crippen LogP contribution in [-0.4, -0.2) is 54.3 Å². The summed E-state index contributed by atoms with van der Waals surface area (Å²) in [6.07, 6.45) is -2.77. The third-order valence-corrected chi connectivity index (χ3v) is 3.78. The second-order valence-electron chi connectivity index (χ2n) is 5.23. The molecule has 5 atom stereocenters. The van der Waals surface area contributed by atoms with E-state index < -0.39 is 30.6 Å². The molecule has 1 aliphatic rings. The standard InChI is InChI=1S/C13H15N5O4/c1-5(19)10-8(20)9(21)13(22-10)18-3-6(2-14)7-11(15)16-4-17-12(7)18/h3-5,8-10,13,19-21H,1H3,(H2,15,16,17)/t5-,8+,9-,10-,13-/m1/s1. The number of aromatic nitrogens is 3. The van der Waals surface area contributed by atoms with E-state index in [-0.39, 0.29) is 11.4 Å². The van der Waals surface area contributed by atoms with Crippen LogP contribution < -0.4 is 5.73 Å². The van der Waals surface area contributed by atoms with Crippen LogP contribution in [0.5, 0.6) is 0 Å². The molecule has 3 rings (SSSR count). The number of anilines is 1. The number of nitrogens with two attached hydrogens (primary N) is 1. The highest BCUT2D eigenvalue weighted by Gasteiger charge is 2.46. The van der Waals surface area contributed by atoms with Crippen LogP contribution in [0.25, 0.3) is 11.0 Å². The fourth-order valence-electron chi connectivity index (χ4n) is 2.70. The van der Waals surface area contributed by atoms with Crippen molar-refractivity contribution in [1.29, 1.82) is 5.26 Å². The van der Waals surface area contributed by atoms with E-state index in [4.69, 9.17) is 10.5 Å². The minimum Gasteiger partial charge on any atom is -0.391 e. The quantitative estimate of drug-likeness (QED) is 0.545. The lowest BCUT2D eigenvalue weighted by molar-refractivity contribution is -0.0776. The van der Waals surface area contributed by atoms with E-state index in [0.717, 1.165) is 0 Å².